The highest BCUT2D eigenvalue weighted by Gasteiger charge is 2.24. The summed E-state index contributed by atoms with van der Waals surface area (Å²) in [5, 5.41) is 16.6. The van der Waals surface area contributed by atoms with Crippen molar-refractivity contribution in [2.45, 2.75) is 59.7 Å². The average molecular weight is 351 g/mol. The molecule has 0 bridgehead atoms. The van der Waals surface area contributed by atoms with E-state index in [1.807, 2.05) is 0 Å². The number of carbonyl (C=O) groups excluding carboxylic acids is 2. The number of carboxylic acid groups (broad SMARTS) is 1. The van der Waals surface area contributed by atoms with Gasteiger partial charge in [-0.2, -0.15) is 0 Å². The fourth-order valence-corrected chi connectivity index (χ4v) is 1.12. The van der Waals surface area contributed by atoms with Gasteiger partial charge >= 0.3 is 18.4 Å². The summed E-state index contributed by atoms with van der Waals surface area (Å²) >= 11 is 0. The number of rotatable bonds is 3. The topological polar surface area (TPSA) is 123 Å². The second kappa shape index (κ2) is 10.7. The molecule has 0 aliphatic carbocycles. The molecule has 0 radical (unpaired) electrons. The minimum Gasteiger partial charge on any atom is -0.465 e. The number of amides is 1. The van der Waals surface area contributed by atoms with Crippen molar-refractivity contribution < 1.29 is 38.8 Å². The number of likely N-dealkylation sites (N-methyl/N-ethyl adjacent to an activating group) is 1. The van der Waals surface area contributed by atoms with Crippen LogP contribution in [-0.4, -0.2) is 64.4 Å². The van der Waals surface area contributed by atoms with Crippen LogP contribution >= 0.6 is 0 Å². The van der Waals surface area contributed by atoms with Crippen molar-refractivity contribution in [3.63, 3.8) is 0 Å². The normalized spacial score (nSPS) is 10.8. The molecular weight excluding hydrogens is 322 g/mol. The van der Waals surface area contributed by atoms with Crippen molar-refractivity contribution in [1.82, 2.24) is 4.90 Å². The molecule has 0 unspecified atom stereocenters. The SMILES string of the molecule is CC(C)(C)OC(=O)OC(=O)OC(C)(C)C.CCN(CCO)C(=O)O. The third-order valence-corrected chi connectivity index (χ3v) is 1.97. The van der Waals surface area contributed by atoms with Crippen LogP contribution < -0.4 is 0 Å². The Bertz CT molecular complexity index is 383. The van der Waals surface area contributed by atoms with Crippen LogP contribution in [-0.2, 0) is 14.2 Å². The van der Waals surface area contributed by atoms with Crippen LogP contribution in [0.15, 0.2) is 0 Å². The number of hydrogen-bond donors (Lipinski definition) is 2. The molecular formula is C15H29NO8. The van der Waals surface area contributed by atoms with Gasteiger partial charge in [-0.15, -0.1) is 0 Å². The molecule has 0 aliphatic heterocycles. The molecule has 0 atom stereocenters. The van der Waals surface area contributed by atoms with Gasteiger partial charge in [-0.1, -0.05) is 0 Å². The Morgan fingerprint density at radius 1 is 0.917 bits per heavy atom. The molecule has 0 aliphatic rings. The lowest BCUT2D eigenvalue weighted by Crippen LogP contribution is -2.31. The van der Waals surface area contributed by atoms with Crippen LogP contribution in [0.25, 0.3) is 0 Å². The summed E-state index contributed by atoms with van der Waals surface area (Å²) in [5.74, 6) is 0. The molecule has 0 rings (SSSR count). The highest BCUT2D eigenvalue weighted by atomic mass is 16.8. The van der Waals surface area contributed by atoms with E-state index in [4.69, 9.17) is 19.7 Å². The Hall–Kier alpha value is -2.03. The van der Waals surface area contributed by atoms with E-state index in [1.165, 1.54) is 0 Å². The highest BCUT2D eigenvalue weighted by Crippen LogP contribution is 2.11. The van der Waals surface area contributed by atoms with Crippen LogP contribution in [0.3, 0.4) is 0 Å². The van der Waals surface area contributed by atoms with Gasteiger partial charge in [-0.25, -0.2) is 14.4 Å². The molecule has 0 aromatic heterocycles. The van der Waals surface area contributed by atoms with Crippen LogP contribution in [0.4, 0.5) is 14.4 Å². The van der Waals surface area contributed by atoms with Crippen LogP contribution in [0.5, 0.6) is 0 Å². The largest absolute Gasteiger partial charge is 0.519 e. The number of aliphatic hydroxyl groups excluding tert-OH is 1. The zero-order valence-corrected chi connectivity index (χ0v) is 15.4. The third-order valence-electron chi connectivity index (χ3n) is 1.97. The van der Waals surface area contributed by atoms with E-state index in [0.717, 1.165) is 4.90 Å². The average Bonchev–Trinajstić information content (AvgIpc) is 2.30. The van der Waals surface area contributed by atoms with E-state index >= 15 is 0 Å². The van der Waals surface area contributed by atoms with Gasteiger partial charge in [-0.05, 0) is 48.5 Å². The fraction of sp³-hybridized carbons (Fsp3) is 0.800. The van der Waals surface area contributed by atoms with Crippen molar-refractivity contribution in [2.24, 2.45) is 0 Å². The van der Waals surface area contributed by atoms with Gasteiger partial charge in [0.1, 0.15) is 11.2 Å². The molecule has 9 heteroatoms. The smallest absolute Gasteiger partial charge is 0.465 e. The first-order chi connectivity index (χ1) is 10.7. The first-order valence-corrected chi connectivity index (χ1v) is 7.44. The second-order valence-electron chi connectivity index (χ2n) is 6.62. The summed E-state index contributed by atoms with van der Waals surface area (Å²) in [6, 6.07) is 0. The summed E-state index contributed by atoms with van der Waals surface area (Å²) in [5.41, 5.74) is -1.39. The molecule has 0 saturated heterocycles. The molecule has 0 spiro atoms. The maximum atomic E-state index is 11.0. The predicted molar refractivity (Wildman–Crippen MR) is 85.9 cm³/mol. The van der Waals surface area contributed by atoms with Crippen molar-refractivity contribution in [3.8, 4) is 0 Å². The van der Waals surface area contributed by atoms with E-state index in [2.05, 4.69) is 4.74 Å². The second-order valence-corrected chi connectivity index (χ2v) is 6.62. The molecule has 1 amide bonds. The molecule has 24 heavy (non-hydrogen) atoms. The predicted octanol–water partition coefficient (Wildman–Crippen LogP) is 2.85. The number of ether oxygens (including phenoxy) is 3. The van der Waals surface area contributed by atoms with Gasteiger partial charge in [-0.3, -0.25) is 0 Å². The van der Waals surface area contributed by atoms with Crippen LogP contribution in [0.1, 0.15) is 48.5 Å². The van der Waals surface area contributed by atoms with E-state index in [0.29, 0.717) is 6.54 Å². The third kappa shape index (κ3) is 16.3. The molecule has 0 heterocycles. The molecule has 2 N–H and O–H groups in total. The molecule has 0 saturated carbocycles. The Labute approximate surface area is 142 Å². The van der Waals surface area contributed by atoms with Crippen molar-refractivity contribution in [1.29, 1.82) is 0 Å². The highest BCUT2D eigenvalue weighted by molar-refractivity contribution is 5.77. The van der Waals surface area contributed by atoms with Crippen molar-refractivity contribution >= 4 is 18.4 Å². The lowest BCUT2D eigenvalue weighted by Gasteiger charge is -2.20. The molecule has 0 fully saturated rings. The maximum absolute atomic E-state index is 11.0. The van der Waals surface area contributed by atoms with Gasteiger partial charge < -0.3 is 29.3 Å². The number of aliphatic hydroxyl groups is 1. The quantitative estimate of drug-likeness (QED) is 0.588. The summed E-state index contributed by atoms with van der Waals surface area (Å²) in [6.45, 7) is 12.3. The summed E-state index contributed by atoms with van der Waals surface area (Å²) in [6.07, 6.45) is -3.10. The first-order valence-electron chi connectivity index (χ1n) is 7.44. The van der Waals surface area contributed by atoms with Crippen LogP contribution in [0.2, 0.25) is 0 Å². The van der Waals surface area contributed by atoms with Gasteiger partial charge in [0, 0.05) is 13.1 Å². The number of nitrogens with zero attached hydrogens (tertiary/aromatic N) is 1. The zero-order chi connectivity index (χ0) is 19.6. The lowest BCUT2D eigenvalue weighted by atomic mass is 10.2. The Balaban J connectivity index is 0. The van der Waals surface area contributed by atoms with Crippen LogP contribution in [0, 0.1) is 0 Å². The Kier molecular flexibility index (Phi) is 10.8. The fourth-order valence-electron chi connectivity index (χ4n) is 1.12. The Morgan fingerprint density at radius 3 is 1.46 bits per heavy atom. The van der Waals surface area contributed by atoms with Gasteiger partial charge in [0.15, 0.2) is 0 Å². The summed E-state index contributed by atoms with van der Waals surface area (Å²) in [4.78, 5) is 33.3. The maximum Gasteiger partial charge on any atom is 0.519 e. The summed E-state index contributed by atoms with van der Waals surface area (Å²) in [7, 11) is 0. The minimum atomic E-state index is -1.06. The monoisotopic (exact) mass is 351 g/mol. The molecule has 0 aromatic carbocycles. The molecule has 0 aromatic rings. The van der Waals surface area contributed by atoms with E-state index in [-0.39, 0.29) is 13.2 Å². The van der Waals surface area contributed by atoms with Gasteiger partial charge in [0.25, 0.3) is 0 Å². The van der Waals surface area contributed by atoms with Crippen molar-refractivity contribution in [2.75, 3.05) is 19.7 Å². The Morgan fingerprint density at radius 2 is 1.29 bits per heavy atom. The first kappa shape index (κ1) is 24.2. The van der Waals surface area contributed by atoms with Gasteiger partial charge in [0.05, 0.1) is 6.61 Å². The van der Waals surface area contributed by atoms with E-state index in [1.54, 1.807) is 48.5 Å². The summed E-state index contributed by atoms with van der Waals surface area (Å²) < 4.78 is 13.8. The number of hydrogen-bond acceptors (Lipinski definition) is 7. The minimum absolute atomic E-state index is 0.111. The van der Waals surface area contributed by atoms with Gasteiger partial charge in [0.2, 0.25) is 0 Å². The molecule has 9 nitrogen and oxygen atoms in total. The number of carbonyl (C=O) groups is 3. The lowest BCUT2D eigenvalue weighted by molar-refractivity contribution is -0.0293. The zero-order valence-electron chi connectivity index (χ0n) is 15.4. The van der Waals surface area contributed by atoms with E-state index in [9.17, 15) is 14.4 Å². The van der Waals surface area contributed by atoms with Crippen molar-refractivity contribution in [3.05, 3.63) is 0 Å². The van der Waals surface area contributed by atoms with E-state index < -0.39 is 29.6 Å². The standard InChI is InChI=1S/C10H18O5.C5H11NO3/c1-9(2,3)14-7(11)13-8(12)15-10(4,5)6;1-2-6(3-4-7)5(8)9/h1-6H3;7H,2-4H2,1H3,(H,8,9). The molecule has 142 valence electrons.